The zero-order chi connectivity index (χ0) is 8.27. The van der Waals surface area contributed by atoms with Crippen LogP contribution >= 0.6 is 0 Å². The molecule has 1 unspecified atom stereocenters. The van der Waals surface area contributed by atoms with Crippen molar-refractivity contribution in [1.29, 1.82) is 0 Å². The Hall–Kier alpha value is -0.650. The molecule has 5 nitrogen and oxygen atoms in total. The molecule has 3 atom stereocenters. The molecule has 0 radical (unpaired) electrons. The van der Waals surface area contributed by atoms with Gasteiger partial charge < -0.3 is 20.3 Å². The molecule has 3 N–H and O–H groups in total. The van der Waals surface area contributed by atoms with Crippen LogP contribution in [0.5, 0.6) is 0 Å². The van der Waals surface area contributed by atoms with Gasteiger partial charge in [-0.05, 0) is 0 Å². The van der Waals surface area contributed by atoms with Crippen LogP contribution in [-0.4, -0.2) is 48.1 Å². The third-order valence-corrected chi connectivity index (χ3v) is 1.75. The Morgan fingerprint density at radius 1 is 1.73 bits per heavy atom. The Morgan fingerprint density at radius 3 is 2.91 bits per heavy atom. The van der Waals surface area contributed by atoms with E-state index in [-0.39, 0.29) is 19.3 Å². The molecule has 1 fully saturated rings. The normalized spacial score (nSPS) is 37.1. The lowest BCUT2D eigenvalue weighted by molar-refractivity contribution is -0.110. The number of aliphatic hydroxyl groups excluding tert-OH is 2. The Labute approximate surface area is 64.0 Å². The van der Waals surface area contributed by atoms with E-state index in [1.54, 1.807) is 0 Å². The lowest BCUT2D eigenvalue weighted by Crippen LogP contribution is -2.41. The molecule has 64 valence electrons. The molecule has 0 aromatic rings. The molecule has 11 heavy (non-hydrogen) atoms. The second kappa shape index (κ2) is 3.66. The second-order valence-corrected chi connectivity index (χ2v) is 2.44. The fourth-order valence-electron chi connectivity index (χ4n) is 1.08. The van der Waals surface area contributed by atoms with Crippen LogP contribution in [0, 0.1) is 0 Å². The van der Waals surface area contributed by atoms with Crippen molar-refractivity contribution in [2.75, 3.05) is 13.2 Å². The van der Waals surface area contributed by atoms with Gasteiger partial charge in [-0.15, -0.1) is 0 Å². The van der Waals surface area contributed by atoms with E-state index in [1.807, 2.05) is 0 Å². The highest BCUT2D eigenvalue weighted by atomic mass is 16.5. The van der Waals surface area contributed by atoms with Crippen molar-refractivity contribution in [3.05, 3.63) is 0 Å². The number of hydrogen-bond donors (Lipinski definition) is 3. The van der Waals surface area contributed by atoms with Crippen molar-refractivity contribution in [2.45, 2.75) is 18.2 Å². The van der Waals surface area contributed by atoms with Gasteiger partial charge in [0.15, 0.2) is 0 Å². The van der Waals surface area contributed by atoms with Crippen molar-refractivity contribution >= 4 is 6.41 Å². The summed E-state index contributed by atoms with van der Waals surface area (Å²) in [6.45, 7) is 0.0311. The molecule has 1 heterocycles. The minimum absolute atomic E-state index is 0.224. The SMILES string of the molecule is O=CNC1CO[C@H](CO)[C@H]1O. The van der Waals surface area contributed by atoms with E-state index in [0.717, 1.165) is 0 Å². The van der Waals surface area contributed by atoms with Gasteiger partial charge in [0.2, 0.25) is 6.41 Å². The third kappa shape index (κ3) is 1.68. The maximum Gasteiger partial charge on any atom is 0.207 e. The predicted octanol–water partition coefficient (Wildman–Crippen LogP) is -2.15. The van der Waals surface area contributed by atoms with Crippen molar-refractivity contribution in [3.8, 4) is 0 Å². The third-order valence-electron chi connectivity index (χ3n) is 1.75. The van der Waals surface area contributed by atoms with Crippen molar-refractivity contribution in [2.24, 2.45) is 0 Å². The van der Waals surface area contributed by atoms with Crippen LogP contribution in [0.4, 0.5) is 0 Å². The summed E-state index contributed by atoms with van der Waals surface area (Å²) in [5.74, 6) is 0. The molecule has 5 heteroatoms. The summed E-state index contributed by atoms with van der Waals surface area (Å²) >= 11 is 0. The predicted molar refractivity (Wildman–Crippen MR) is 35.8 cm³/mol. The molecule has 1 saturated heterocycles. The molecule has 0 aliphatic carbocycles. The molecular formula is C6H11NO4. The van der Waals surface area contributed by atoms with Gasteiger partial charge in [-0.2, -0.15) is 0 Å². The van der Waals surface area contributed by atoms with Gasteiger partial charge in [-0.25, -0.2) is 0 Å². The van der Waals surface area contributed by atoms with Crippen molar-refractivity contribution < 1.29 is 19.7 Å². The first-order chi connectivity index (χ1) is 5.29. The highest BCUT2D eigenvalue weighted by Crippen LogP contribution is 2.12. The number of aliphatic hydroxyl groups is 2. The second-order valence-electron chi connectivity index (χ2n) is 2.44. The van der Waals surface area contributed by atoms with E-state index in [1.165, 1.54) is 0 Å². The molecule has 0 bridgehead atoms. The van der Waals surface area contributed by atoms with Crippen LogP contribution in [0.2, 0.25) is 0 Å². The van der Waals surface area contributed by atoms with E-state index < -0.39 is 12.2 Å². The van der Waals surface area contributed by atoms with Gasteiger partial charge in [0.05, 0.1) is 19.3 Å². The van der Waals surface area contributed by atoms with Crippen LogP contribution in [-0.2, 0) is 9.53 Å². The largest absolute Gasteiger partial charge is 0.394 e. The van der Waals surface area contributed by atoms with E-state index in [4.69, 9.17) is 9.84 Å². The molecule has 1 amide bonds. The number of hydrogen-bond acceptors (Lipinski definition) is 4. The number of amides is 1. The van der Waals surface area contributed by atoms with E-state index in [0.29, 0.717) is 6.41 Å². The first kappa shape index (κ1) is 8.45. The minimum Gasteiger partial charge on any atom is -0.394 e. The summed E-state index contributed by atoms with van der Waals surface area (Å²) in [6.07, 6.45) is -0.852. The topological polar surface area (TPSA) is 78.8 Å². The summed E-state index contributed by atoms with van der Waals surface area (Å²) in [7, 11) is 0. The molecule has 1 rings (SSSR count). The lowest BCUT2D eigenvalue weighted by Gasteiger charge is -2.13. The fraction of sp³-hybridized carbons (Fsp3) is 0.833. The molecule has 0 aromatic heterocycles. The number of ether oxygens (including phenoxy) is 1. The summed E-state index contributed by atoms with van der Waals surface area (Å²) in [4.78, 5) is 9.96. The van der Waals surface area contributed by atoms with Gasteiger partial charge in [0, 0.05) is 0 Å². The number of nitrogens with one attached hydrogen (secondary N) is 1. The molecule has 0 aromatic carbocycles. The number of rotatable bonds is 3. The van der Waals surface area contributed by atoms with E-state index in [9.17, 15) is 9.90 Å². The van der Waals surface area contributed by atoms with Crippen LogP contribution in [0.25, 0.3) is 0 Å². The number of carbonyl (C=O) groups is 1. The highest BCUT2D eigenvalue weighted by Gasteiger charge is 2.34. The first-order valence-electron chi connectivity index (χ1n) is 3.40. The maximum absolute atomic E-state index is 9.96. The average molecular weight is 161 g/mol. The van der Waals surface area contributed by atoms with Gasteiger partial charge in [-0.3, -0.25) is 4.79 Å². The van der Waals surface area contributed by atoms with Gasteiger partial charge >= 0.3 is 0 Å². The monoisotopic (exact) mass is 161 g/mol. The minimum atomic E-state index is -0.801. The summed E-state index contributed by atoms with van der Waals surface area (Å²) in [6, 6.07) is -0.385. The fourth-order valence-corrected chi connectivity index (χ4v) is 1.08. The smallest absolute Gasteiger partial charge is 0.207 e. The Morgan fingerprint density at radius 2 is 2.45 bits per heavy atom. The Balaban J connectivity index is 2.41. The molecule has 1 aliphatic heterocycles. The van der Waals surface area contributed by atoms with Crippen LogP contribution in [0.15, 0.2) is 0 Å². The highest BCUT2D eigenvalue weighted by molar-refractivity contribution is 5.47. The maximum atomic E-state index is 9.96. The van der Waals surface area contributed by atoms with E-state index >= 15 is 0 Å². The van der Waals surface area contributed by atoms with Gasteiger partial charge in [0.1, 0.15) is 12.2 Å². The Bertz CT molecular complexity index is 141. The van der Waals surface area contributed by atoms with Crippen molar-refractivity contribution in [1.82, 2.24) is 5.32 Å². The summed E-state index contributed by atoms with van der Waals surface area (Å²) < 4.78 is 4.96. The van der Waals surface area contributed by atoms with Crippen LogP contribution in [0.1, 0.15) is 0 Å². The van der Waals surface area contributed by atoms with Gasteiger partial charge in [0.25, 0.3) is 0 Å². The Kier molecular flexibility index (Phi) is 2.81. The summed E-state index contributed by atoms with van der Waals surface area (Å²) in [5.41, 5.74) is 0. The summed E-state index contributed by atoms with van der Waals surface area (Å²) in [5, 5.41) is 20.3. The van der Waals surface area contributed by atoms with E-state index in [2.05, 4.69) is 5.32 Å². The quantitative estimate of drug-likeness (QED) is 0.412. The lowest BCUT2D eigenvalue weighted by atomic mass is 10.1. The van der Waals surface area contributed by atoms with Crippen LogP contribution < -0.4 is 5.32 Å². The zero-order valence-electron chi connectivity index (χ0n) is 5.93. The molecular weight excluding hydrogens is 150 g/mol. The number of carbonyl (C=O) groups excluding carboxylic acids is 1. The van der Waals surface area contributed by atoms with Crippen LogP contribution in [0.3, 0.4) is 0 Å². The van der Waals surface area contributed by atoms with Crippen molar-refractivity contribution in [3.63, 3.8) is 0 Å². The molecule has 1 aliphatic rings. The molecule has 0 spiro atoms. The molecule has 0 saturated carbocycles. The standard InChI is InChI=1S/C6H11NO4/c8-1-5-6(10)4(2-11-5)7-3-9/h3-6,8,10H,1-2H2,(H,7,9)/t4?,5-,6+/m1/s1. The average Bonchev–Trinajstić information content (AvgIpc) is 2.34. The zero-order valence-corrected chi connectivity index (χ0v) is 5.93. The first-order valence-corrected chi connectivity index (χ1v) is 3.40. The van der Waals surface area contributed by atoms with Gasteiger partial charge in [-0.1, -0.05) is 0 Å².